The summed E-state index contributed by atoms with van der Waals surface area (Å²) in [4.78, 5) is 0. The summed E-state index contributed by atoms with van der Waals surface area (Å²) in [5.74, 6) is 6.80. The smallest absolute Gasteiger partial charge is 0.387 e. The fraction of sp³-hybridized carbons (Fsp3) is 0.400. The summed E-state index contributed by atoms with van der Waals surface area (Å²) in [7, 11) is 0. The predicted molar refractivity (Wildman–Crippen MR) is 94.3 cm³/mol. The van der Waals surface area contributed by atoms with Gasteiger partial charge in [0.1, 0.15) is 5.75 Å². The third kappa shape index (κ3) is 4.35. The molecule has 5 heteroatoms. The van der Waals surface area contributed by atoms with Crippen molar-refractivity contribution in [2.24, 2.45) is 11.8 Å². The molecule has 2 aromatic carbocycles. The molecule has 2 aromatic rings. The van der Waals surface area contributed by atoms with Gasteiger partial charge in [0.15, 0.2) is 0 Å². The molecule has 3 nitrogen and oxygen atoms in total. The van der Waals surface area contributed by atoms with Crippen molar-refractivity contribution >= 4 is 0 Å². The molecule has 0 saturated carbocycles. The van der Waals surface area contributed by atoms with E-state index in [1.54, 1.807) is 12.1 Å². The lowest BCUT2D eigenvalue weighted by Crippen LogP contribution is -2.44. The van der Waals surface area contributed by atoms with Crippen molar-refractivity contribution in [3.63, 3.8) is 0 Å². The number of ether oxygens (including phenoxy) is 1. The molecule has 3 rings (SSSR count). The highest BCUT2D eigenvalue weighted by molar-refractivity contribution is 5.38. The molecular formula is C20H24F2N2O. The number of hydrazine groups is 1. The minimum Gasteiger partial charge on any atom is -0.435 e. The van der Waals surface area contributed by atoms with Gasteiger partial charge in [0.05, 0.1) is 6.04 Å². The Morgan fingerprint density at radius 1 is 1.20 bits per heavy atom. The average molecular weight is 346 g/mol. The van der Waals surface area contributed by atoms with Crippen LogP contribution in [0.5, 0.6) is 5.75 Å². The fourth-order valence-corrected chi connectivity index (χ4v) is 3.79. The first kappa shape index (κ1) is 17.8. The highest BCUT2D eigenvalue weighted by Gasteiger charge is 2.31. The molecule has 0 spiro atoms. The van der Waals surface area contributed by atoms with E-state index in [0.717, 1.165) is 30.5 Å². The summed E-state index contributed by atoms with van der Waals surface area (Å²) in [6.07, 6.45) is 2.67. The van der Waals surface area contributed by atoms with Gasteiger partial charge in [0.25, 0.3) is 0 Å². The number of aryl methyl sites for hydroxylation is 1. The molecule has 1 saturated heterocycles. The molecule has 2 N–H and O–H groups in total. The fourth-order valence-electron chi connectivity index (χ4n) is 3.79. The SMILES string of the molecule is Cc1ccc(OC(F)F)c(C[C@@H]2CCCN(N)[C@@H]2c2ccccc2)c1. The second kappa shape index (κ2) is 7.93. The van der Waals surface area contributed by atoms with Gasteiger partial charge < -0.3 is 4.74 Å². The van der Waals surface area contributed by atoms with E-state index in [1.807, 2.05) is 36.2 Å². The van der Waals surface area contributed by atoms with Crippen LogP contribution in [0, 0.1) is 12.8 Å². The van der Waals surface area contributed by atoms with E-state index in [2.05, 4.69) is 12.1 Å². The van der Waals surface area contributed by atoms with Gasteiger partial charge in [-0.25, -0.2) is 5.01 Å². The van der Waals surface area contributed by atoms with Gasteiger partial charge >= 0.3 is 6.61 Å². The Bertz CT molecular complexity index is 693. The number of rotatable bonds is 5. The summed E-state index contributed by atoms with van der Waals surface area (Å²) >= 11 is 0. The zero-order valence-corrected chi connectivity index (χ0v) is 14.4. The average Bonchev–Trinajstić information content (AvgIpc) is 2.58. The van der Waals surface area contributed by atoms with Crippen LogP contribution < -0.4 is 10.6 Å². The Morgan fingerprint density at radius 3 is 2.68 bits per heavy atom. The summed E-state index contributed by atoms with van der Waals surface area (Å²) in [6.45, 7) is -0.0196. The van der Waals surface area contributed by atoms with E-state index in [1.165, 1.54) is 5.56 Å². The number of halogens is 2. The standard InChI is InChI=1S/C20H24F2N2O/c1-14-9-10-18(25-20(21)22)17(12-14)13-16-8-5-11-24(23)19(16)15-6-3-2-4-7-15/h2-4,6-7,9-10,12,16,19-20H,5,8,11,13,23H2,1H3/t16-,19+/m0/s1. The molecule has 1 fully saturated rings. The molecule has 2 atom stereocenters. The zero-order valence-electron chi connectivity index (χ0n) is 14.4. The van der Waals surface area contributed by atoms with Gasteiger partial charge in [-0.2, -0.15) is 8.78 Å². The molecule has 134 valence electrons. The largest absolute Gasteiger partial charge is 0.435 e. The van der Waals surface area contributed by atoms with Gasteiger partial charge in [-0.05, 0) is 49.3 Å². The third-order valence-electron chi connectivity index (χ3n) is 4.85. The minimum atomic E-state index is -2.82. The minimum absolute atomic E-state index is 0.0786. The van der Waals surface area contributed by atoms with Crippen LogP contribution in [0.3, 0.4) is 0 Å². The van der Waals surface area contributed by atoms with E-state index in [-0.39, 0.29) is 17.7 Å². The van der Waals surface area contributed by atoms with Crippen LogP contribution >= 0.6 is 0 Å². The second-order valence-corrected chi connectivity index (χ2v) is 6.69. The Hall–Kier alpha value is -1.98. The van der Waals surface area contributed by atoms with Crippen molar-refractivity contribution in [1.29, 1.82) is 0 Å². The monoisotopic (exact) mass is 346 g/mol. The highest BCUT2D eigenvalue weighted by atomic mass is 19.3. The summed E-state index contributed by atoms with van der Waals surface area (Å²) in [5.41, 5.74) is 3.02. The van der Waals surface area contributed by atoms with Crippen molar-refractivity contribution < 1.29 is 13.5 Å². The van der Waals surface area contributed by atoms with Crippen LogP contribution in [-0.2, 0) is 6.42 Å². The molecule has 0 unspecified atom stereocenters. The molecule has 1 aliphatic rings. The Balaban J connectivity index is 1.88. The number of hydrogen-bond donors (Lipinski definition) is 1. The lowest BCUT2D eigenvalue weighted by molar-refractivity contribution is -0.0507. The van der Waals surface area contributed by atoms with Crippen molar-refractivity contribution in [2.45, 2.75) is 38.8 Å². The number of benzene rings is 2. The van der Waals surface area contributed by atoms with Crippen molar-refractivity contribution in [3.05, 3.63) is 65.2 Å². The van der Waals surface area contributed by atoms with E-state index in [4.69, 9.17) is 10.6 Å². The highest BCUT2D eigenvalue weighted by Crippen LogP contribution is 2.38. The quantitative estimate of drug-likeness (QED) is 0.812. The van der Waals surface area contributed by atoms with E-state index in [9.17, 15) is 8.78 Å². The first-order valence-electron chi connectivity index (χ1n) is 8.65. The summed E-state index contributed by atoms with van der Waals surface area (Å²) in [5, 5.41) is 1.88. The normalized spacial score (nSPS) is 21.5. The number of hydrogen-bond acceptors (Lipinski definition) is 3. The molecule has 0 amide bonds. The van der Waals surface area contributed by atoms with Crippen LogP contribution in [0.15, 0.2) is 48.5 Å². The molecule has 0 aromatic heterocycles. The summed E-state index contributed by atoms with van der Waals surface area (Å²) in [6, 6.07) is 15.6. The number of piperidine rings is 1. The zero-order chi connectivity index (χ0) is 17.8. The van der Waals surface area contributed by atoms with E-state index < -0.39 is 6.61 Å². The maximum Gasteiger partial charge on any atom is 0.387 e. The lowest BCUT2D eigenvalue weighted by atomic mass is 9.81. The van der Waals surface area contributed by atoms with Crippen LogP contribution in [0.2, 0.25) is 0 Å². The van der Waals surface area contributed by atoms with Gasteiger partial charge in [0.2, 0.25) is 0 Å². The van der Waals surface area contributed by atoms with Gasteiger partial charge in [-0.3, -0.25) is 5.84 Å². The molecule has 0 aliphatic carbocycles. The third-order valence-corrected chi connectivity index (χ3v) is 4.85. The summed E-state index contributed by atoms with van der Waals surface area (Å²) < 4.78 is 30.2. The van der Waals surface area contributed by atoms with E-state index in [0.29, 0.717) is 6.42 Å². The number of nitrogens with zero attached hydrogens (tertiary/aromatic N) is 1. The van der Waals surface area contributed by atoms with Gasteiger partial charge in [0, 0.05) is 6.54 Å². The Morgan fingerprint density at radius 2 is 1.96 bits per heavy atom. The van der Waals surface area contributed by atoms with Crippen LogP contribution in [-0.4, -0.2) is 18.2 Å². The number of alkyl halides is 2. The lowest BCUT2D eigenvalue weighted by Gasteiger charge is -2.39. The molecule has 1 aliphatic heterocycles. The maximum atomic E-state index is 12.7. The van der Waals surface area contributed by atoms with Crippen molar-refractivity contribution in [1.82, 2.24) is 5.01 Å². The number of nitrogens with two attached hydrogens (primary N) is 1. The Labute approximate surface area is 147 Å². The van der Waals surface area contributed by atoms with Crippen molar-refractivity contribution in [3.8, 4) is 5.75 Å². The van der Waals surface area contributed by atoms with Crippen LogP contribution in [0.25, 0.3) is 0 Å². The van der Waals surface area contributed by atoms with Gasteiger partial charge in [-0.15, -0.1) is 0 Å². The van der Waals surface area contributed by atoms with Gasteiger partial charge in [-0.1, -0.05) is 48.0 Å². The Kier molecular flexibility index (Phi) is 5.66. The van der Waals surface area contributed by atoms with Crippen LogP contribution in [0.1, 0.15) is 35.6 Å². The first-order chi connectivity index (χ1) is 12.0. The molecule has 0 bridgehead atoms. The molecule has 1 heterocycles. The van der Waals surface area contributed by atoms with E-state index >= 15 is 0 Å². The van der Waals surface area contributed by atoms with Crippen molar-refractivity contribution in [2.75, 3.05) is 6.54 Å². The predicted octanol–water partition coefficient (Wildman–Crippen LogP) is 4.47. The maximum absolute atomic E-state index is 12.7. The second-order valence-electron chi connectivity index (χ2n) is 6.69. The first-order valence-corrected chi connectivity index (χ1v) is 8.65. The van der Waals surface area contributed by atoms with Crippen LogP contribution in [0.4, 0.5) is 8.78 Å². The topological polar surface area (TPSA) is 38.5 Å². The molecule has 0 radical (unpaired) electrons. The molecule has 25 heavy (non-hydrogen) atoms. The molecular weight excluding hydrogens is 322 g/mol.